The Morgan fingerprint density at radius 1 is 0.913 bits per heavy atom. The topological polar surface area (TPSA) is 47.6 Å². The Kier molecular flexibility index (Phi) is 5.63. The third-order valence-corrected chi connectivity index (χ3v) is 3.59. The Labute approximate surface area is 137 Å². The van der Waals surface area contributed by atoms with E-state index in [1.807, 2.05) is 24.3 Å². The highest BCUT2D eigenvalue weighted by Gasteiger charge is 2.15. The largest absolute Gasteiger partial charge is 0.497 e. The molecule has 0 saturated heterocycles. The maximum Gasteiger partial charge on any atom is 0.265 e. The van der Waals surface area contributed by atoms with Gasteiger partial charge in [0.25, 0.3) is 5.91 Å². The lowest BCUT2D eigenvalue weighted by atomic mass is 10.0. The third kappa shape index (κ3) is 4.74. The molecule has 0 spiro atoms. The number of hydrogen-bond donors (Lipinski definition) is 1. The minimum absolute atomic E-state index is 0.192. The second-order valence-corrected chi connectivity index (χ2v) is 5.70. The lowest BCUT2D eigenvalue weighted by Gasteiger charge is -2.15. The minimum atomic E-state index is -0.581. The predicted molar refractivity (Wildman–Crippen MR) is 92.2 cm³/mol. The van der Waals surface area contributed by atoms with Crippen LogP contribution in [-0.4, -0.2) is 19.1 Å². The Balaban J connectivity index is 1.93. The van der Waals surface area contributed by atoms with Gasteiger partial charge in [-0.05, 0) is 54.8 Å². The van der Waals surface area contributed by atoms with Gasteiger partial charge in [0.2, 0.25) is 0 Å². The highest BCUT2D eigenvalue weighted by atomic mass is 16.5. The summed E-state index contributed by atoms with van der Waals surface area (Å²) in [5.74, 6) is 1.72. The Hall–Kier alpha value is -2.49. The van der Waals surface area contributed by atoms with Crippen LogP contribution in [0.15, 0.2) is 48.5 Å². The minimum Gasteiger partial charge on any atom is -0.497 e. The van der Waals surface area contributed by atoms with Crippen molar-refractivity contribution in [1.82, 2.24) is 0 Å². The molecule has 2 rings (SSSR count). The number of anilines is 1. The number of carbonyl (C=O) groups is 1. The molecule has 0 heterocycles. The molecule has 0 bridgehead atoms. The van der Waals surface area contributed by atoms with Gasteiger partial charge in [-0.2, -0.15) is 0 Å². The van der Waals surface area contributed by atoms with Crippen molar-refractivity contribution >= 4 is 11.6 Å². The van der Waals surface area contributed by atoms with E-state index in [1.54, 1.807) is 38.3 Å². The summed E-state index contributed by atoms with van der Waals surface area (Å²) < 4.78 is 10.8. The van der Waals surface area contributed by atoms with Crippen molar-refractivity contribution in [1.29, 1.82) is 0 Å². The molecule has 1 amide bonds. The summed E-state index contributed by atoms with van der Waals surface area (Å²) >= 11 is 0. The molecule has 0 saturated carbocycles. The number of hydrogen-bond acceptors (Lipinski definition) is 3. The van der Waals surface area contributed by atoms with E-state index in [4.69, 9.17) is 9.47 Å². The summed E-state index contributed by atoms with van der Waals surface area (Å²) in [4.78, 5) is 12.2. The molecule has 1 atom stereocenters. The number of rotatable bonds is 6. The van der Waals surface area contributed by atoms with Gasteiger partial charge in [-0.3, -0.25) is 4.79 Å². The average Bonchev–Trinajstić information content (AvgIpc) is 2.56. The first-order valence-corrected chi connectivity index (χ1v) is 7.71. The molecule has 1 N–H and O–H groups in total. The van der Waals surface area contributed by atoms with Crippen molar-refractivity contribution in [3.8, 4) is 11.5 Å². The van der Waals surface area contributed by atoms with Gasteiger partial charge in [0.05, 0.1) is 7.11 Å². The van der Waals surface area contributed by atoms with Crippen molar-refractivity contribution in [3.05, 3.63) is 54.1 Å². The van der Waals surface area contributed by atoms with Crippen molar-refractivity contribution in [2.24, 2.45) is 0 Å². The fraction of sp³-hybridized carbons (Fsp3) is 0.316. The summed E-state index contributed by atoms with van der Waals surface area (Å²) in [6.07, 6.45) is -0.581. The van der Waals surface area contributed by atoms with E-state index in [0.717, 1.165) is 5.75 Å². The van der Waals surface area contributed by atoms with E-state index < -0.39 is 6.10 Å². The number of carbonyl (C=O) groups excluding carboxylic acids is 1. The zero-order chi connectivity index (χ0) is 16.8. The van der Waals surface area contributed by atoms with E-state index in [9.17, 15) is 4.79 Å². The van der Waals surface area contributed by atoms with E-state index in [-0.39, 0.29) is 5.91 Å². The Morgan fingerprint density at radius 3 is 2.00 bits per heavy atom. The number of amides is 1. The van der Waals surface area contributed by atoms with Crippen LogP contribution in [0.1, 0.15) is 32.3 Å². The van der Waals surface area contributed by atoms with Crippen LogP contribution in [0.4, 0.5) is 5.69 Å². The molecule has 0 aromatic heterocycles. The molecule has 0 radical (unpaired) electrons. The maximum absolute atomic E-state index is 12.2. The lowest BCUT2D eigenvalue weighted by molar-refractivity contribution is -0.122. The molecule has 23 heavy (non-hydrogen) atoms. The molecule has 0 aliphatic carbocycles. The van der Waals surface area contributed by atoms with Crippen molar-refractivity contribution < 1.29 is 14.3 Å². The molecular weight excluding hydrogens is 290 g/mol. The molecule has 4 heteroatoms. The summed E-state index contributed by atoms with van der Waals surface area (Å²) in [6.45, 7) is 6.01. The molecule has 0 fully saturated rings. The van der Waals surface area contributed by atoms with E-state index in [2.05, 4.69) is 19.2 Å². The van der Waals surface area contributed by atoms with E-state index in [1.165, 1.54) is 5.56 Å². The normalized spacial score (nSPS) is 11.9. The van der Waals surface area contributed by atoms with Crippen LogP contribution in [0.25, 0.3) is 0 Å². The van der Waals surface area contributed by atoms with E-state index >= 15 is 0 Å². The van der Waals surface area contributed by atoms with Crippen molar-refractivity contribution in [3.63, 3.8) is 0 Å². The molecule has 1 unspecified atom stereocenters. The number of methoxy groups -OCH3 is 1. The summed E-state index contributed by atoms with van der Waals surface area (Å²) in [7, 11) is 1.61. The zero-order valence-corrected chi connectivity index (χ0v) is 14.0. The van der Waals surface area contributed by atoms with Crippen LogP contribution in [-0.2, 0) is 4.79 Å². The molecule has 122 valence electrons. The van der Waals surface area contributed by atoms with Crippen LogP contribution < -0.4 is 14.8 Å². The zero-order valence-electron chi connectivity index (χ0n) is 14.0. The Morgan fingerprint density at radius 2 is 1.48 bits per heavy atom. The maximum atomic E-state index is 12.2. The fourth-order valence-corrected chi connectivity index (χ4v) is 2.11. The molecule has 4 nitrogen and oxygen atoms in total. The number of benzene rings is 2. The van der Waals surface area contributed by atoms with Crippen molar-refractivity contribution in [2.45, 2.75) is 32.8 Å². The lowest BCUT2D eigenvalue weighted by Crippen LogP contribution is -2.30. The fourth-order valence-electron chi connectivity index (χ4n) is 2.11. The van der Waals surface area contributed by atoms with Crippen LogP contribution in [0.3, 0.4) is 0 Å². The monoisotopic (exact) mass is 313 g/mol. The molecule has 0 aliphatic rings. The summed E-state index contributed by atoms with van der Waals surface area (Å²) in [6, 6.07) is 15.0. The van der Waals surface area contributed by atoms with Gasteiger partial charge in [0, 0.05) is 5.69 Å². The average molecular weight is 313 g/mol. The van der Waals surface area contributed by atoms with Gasteiger partial charge in [0.1, 0.15) is 11.5 Å². The smallest absolute Gasteiger partial charge is 0.265 e. The highest BCUT2D eigenvalue weighted by Crippen LogP contribution is 2.20. The van der Waals surface area contributed by atoms with E-state index in [0.29, 0.717) is 17.4 Å². The van der Waals surface area contributed by atoms with Gasteiger partial charge < -0.3 is 14.8 Å². The molecular formula is C19H23NO3. The molecule has 2 aromatic carbocycles. The van der Waals surface area contributed by atoms with Crippen LogP contribution in [0, 0.1) is 0 Å². The summed E-state index contributed by atoms with van der Waals surface area (Å²) in [5.41, 5.74) is 1.95. The van der Waals surface area contributed by atoms with Crippen LogP contribution >= 0.6 is 0 Å². The quantitative estimate of drug-likeness (QED) is 0.868. The summed E-state index contributed by atoms with van der Waals surface area (Å²) in [5, 5.41) is 2.82. The Bertz CT molecular complexity index is 633. The molecule has 0 aliphatic heterocycles. The first-order valence-electron chi connectivity index (χ1n) is 7.71. The third-order valence-electron chi connectivity index (χ3n) is 3.59. The second-order valence-electron chi connectivity index (χ2n) is 5.70. The number of nitrogens with one attached hydrogen (secondary N) is 1. The van der Waals surface area contributed by atoms with Crippen LogP contribution in [0.5, 0.6) is 11.5 Å². The van der Waals surface area contributed by atoms with Crippen LogP contribution in [0.2, 0.25) is 0 Å². The predicted octanol–water partition coefficient (Wildman–Crippen LogP) is 4.22. The highest BCUT2D eigenvalue weighted by molar-refractivity contribution is 5.94. The van der Waals surface area contributed by atoms with Gasteiger partial charge in [-0.15, -0.1) is 0 Å². The molecule has 2 aromatic rings. The first kappa shape index (κ1) is 16.9. The van der Waals surface area contributed by atoms with Gasteiger partial charge in [-0.1, -0.05) is 26.0 Å². The van der Waals surface area contributed by atoms with Crippen molar-refractivity contribution in [2.75, 3.05) is 12.4 Å². The SMILES string of the molecule is COc1ccc(NC(=O)C(C)Oc2ccc(C(C)C)cc2)cc1. The van der Waals surface area contributed by atoms with Gasteiger partial charge in [0.15, 0.2) is 6.10 Å². The second kappa shape index (κ2) is 7.68. The number of ether oxygens (including phenoxy) is 2. The van der Waals surface area contributed by atoms with Gasteiger partial charge in [-0.25, -0.2) is 0 Å². The van der Waals surface area contributed by atoms with Gasteiger partial charge >= 0.3 is 0 Å². The first-order chi connectivity index (χ1) is 11.0. The standard InChI is InChI=1S/C19H23NO3/c1-13(2)15-5-9-18(10-6-15)23-14(3)19(21)20-16-7-11-17(22-4)12-8-16/h5-14H,1-4H3,(H,20,21).